The van der Waals surface area contributed by atoms with Crippen LogP contribution in [0.2, 0.25) is 5.02 Å². The molecule has 2 fully saturated rings. The van der Waals surface area contributed by atoms with Crippen LogP contribution >= 0.6 is 11.6 Å². The van der Waals surface area contributed by atoms with E-state index in [0.717, 1.165) is 43.8 Å². The highest BCUT2D eigenvalue weighted by molar-refractivity contribution is 6.30. The number of nitrogens with one attached hydrogen (secondary N) is 2. The Hall–Kier alpha value is -1.10. The zero-order valence-corrected chi connectivity index (χ0v) is 13.7. The van der Waals surface area contributed by atoms with Crippen molar-refractivity contribution in [3.05, 3.63) is 34.9 Å². The van der Waals surface area contributed by atoms with Gasteiger partial charge in [0.25, 0.3) is 5.91 Å². The lowest BCUT2D eigenvalue weighted by atomic mass is 9.90. The number of hydrogen-bond donors (Lipinski definition) is 2. The maximum atomic E-state index is 12.6. The minimum Gasteiger partial charge on any atom is -0.368 e. The summed E-state index contributed by atoms with van der Waals surface area (Å²) in [6.07, 6.45) is 3.63. The highest BCUT2D eigenvalue weighted by atomic mass is 35.5. The predicted molar refractivity (Wildman–Crippen MR) is 87.2 cm³/mol. The number of carbonyl (C=O) groups excluding carboxylic acids is 1. The van der Waals surface area contributed by atoms with E-state index < -0.39 is 5.60 Å². The van der Waals surface area contributed by atoms with E-state index in [4.69, 9.17) is 16.3 Å². The molecule has 1 aliphatic heterocycles. The van der Waals surface area contributed by atoms with Gasteiger partial charge in [-0.1, -0.05) is 23.7 Å². The fraction of sp³-hybridized carbons (Fsp3) is 0.588. The normalized spacial score (nSPS) is 22.1. The molecule has 0 unspecified atom stereocenters. The SMILES string of the molecule is COC1(C(=O)NCC2(c3cccc(Cl)c3)CC2)CCNCC1. The average Bonchev–Trinajstić information content (AvgIpc) is 3.34. The first-order valence-corrected chi connectivity index (χ1v) is 8.28. The zero-order chi connectivity index (χ0) is 15.6. The Labute approximate surface area is 136 Å². The first kappa shape index (κ1) is 15.8. The van der Waals surface area contributed by atoms with Crippen LogP contribution in [0.15, 0.2) is 24.3 Å². The van der Waals surface area contributed by atoms with Crippen molar-refractivity contribution in [2.45, 2.75) is 36.7 Å². The molecule has 22 heavy (non-hydrogen) atoms. The van der Waals surface area contributed by atoms with Crippen LogP contribution in [0.25, 0.3) is 0 Å². The number of benzene rings is 1. The predicted octanol–water partition coefficient (Wildman–Crippen LogP) is 2.26. The molecule has 1 saturated heterocycles. The van der Waals surface area contributed by atoms with Crippen molar-refractivity contribution in [1.29, 1.82) is 0 Å². The molecule has 4 nitrogen and oxygen atoms in total. The van der Waals surface area contributed by atoms with Gasteiger partial charge in [-0.05, 0) is 56.5 Å². The molecule has 2 N–H and O–H groups in total. The van der Waals surface area contributed by atoms with E-state index in [9.17, 15) is 4.79 Å². The maximum Gasteiger partial charge on any atom is 0.252 e. The minimum atomic E-state index is -0.671. The number of amides is 1. The first-order chi connectivity index (χ1) is 10.6. The second-order valence-corrected chi connectivity index (χ2v) is 6.86. The molecular weight excluding hydrogens is 300 g/mol. The number of carbonyl (C=O) groups is 1. The van der Waals surface area contributed by atoms with Gasteiger partial charge in [-0.15, -0.1) is 0 Å². The molecule has 3 rings (SSSR count). The fourth-order valence-electron chi connectivity index (χ4n) is 3.30. The van der Waals surface area contributed by atoms with Crippen LogP contribution in [0.5, 0.6) is 0 Å². The van der Waals surface area contributed by atoms with Crippen molar-refractivity contribution >= 4 is 17.5 Å². The lowest BCUT2D eigenvalue weighted by Crippen LogP contribution is -2.55. The Morgan fingerprint density at radius 2 is 2.05 bits per heavy atom. The van der Waals surface area contributed by atoms with Gasteiger partial charge in [0.2, 0.25) is 0 Å². The topological polar surface area (TPSA) is 50.4 Å². The number of hydrogen-bond acceptors (Lipinski definition) is 3. The molecule has 5 heteroatoms. The van der Waals surface area contributed by atoms with Crippen LogP contribution < -0.4 is 10.6 Å². The summed E-state index contributed by atoms with van der Waals surface area (Å²) >= 11 is 6.09. The molecule has 0 aromatic heterocycles. The summed E-state index contributed by atoms with van der Waals surface area (Å²) < 4.78 is 5.58. The lowest BCUT2D eigenvalue weighted by Gasteiger charge is -2.35. The Morgan fingerprint density at radius 3 is 2.64 bits per heavy atom. The average molecular weight is 323 g/mol. The van der Waals surface area contributed by atoms with E-state index in [1.54, 1.807) is 7.11 Å². The standard InChI is InChI=1S/C17H23ClN2O2/c1-22-17(7-9-19-10-8-17)15(21)20-12-16(5-6-16)13-3-2-4-14(18)11-13/h2-4,11,19H,5-10,12H2,1H3,(H,20,21). The molecule has 120 valence electrons. The van der Waals surface area contributed by atoms with Crippen LogP contribution in [0.4, 0.5) is 0 Å². The lowest BCUT2D eigenvalue weighted by molar-refractivity contribution is -0.146. The number of ether oxygens (including phenoxy) is 1. The van der Waals surface area contributed by atoms with Crippen LogP contribution in [-0.2, 0) is 14.9 Å². The van der Waals surface area contributed by atoms with Gasteiger partial charge in [-0.2, -0.15) is 0 Å². The second-order valence-electron chi connectivity index (χ2n) is 6.42. The van der Waals surface area contributed by atoms with E-state index in [1.807, 2.05) is 18.2 Å². The number of piperidine rings is 1. The molecule has 1 heterocycles. The Balaban J connectivity index is 1.65. The Morgan fingerprint density at radius 1 is 1.32 bits per heavy atom. The maximum absolute atomic E-state index is 12.6. The summed E-state index contributed by atoms with van der Waals surface area (Å²) in [5.74, 6) is 0.0183. The third-order valence-corrected chi connectivity index (χ3v) is 5.33. The number of methoxy groups -OCH3 is 1. The second kappa shape index (κ2) is 6.19. The van der Waals surface area contributed by atoms with Gasteiger partial charge in [0, 0.05) is 24.1 Å². The van der Waals surface area contributed by atoms with Gasteiger partial charge in [0.05, 0.1) is 0 Å². The van der Waals surface area contributed by atoms with Crippen LogP contribution in [0.3, 0.4) is 0 Å². The molecule has 0 bridgehead atoms. The van der Waals surface area contributed by atoms with Crippen molar-refractivity contribution in [2.24, 2.45) is 0 Å². The van der Waals surface area contributed by atoms with Crippen LogP contribution in [-0.4, -0.2) is 38.3 Å². The Bertz CT molecular complexity index is 551. The molecule has 0 radical (unpaired) electrons. The molecule has 1 aliphatic carbocycles. The fourth-order valence-corrected chi connectivity index (χ4v) is 3.49. The highest BCUT2D eigenvalue weighted by Crippen LogP contribution is 2.48. The molecule has 1 saturated carbocycles. The van der Waals surface area contributed by atoms with Crippen molar-refractivity contribution in [3.63, 3.8) is 0 Å². The van der Waals surface area contributed by atoms with Gasteiger partial charge in [0.15, 0.2) is 0 Å². The van der Waals surface area contributed by atoms with Crippen molar-refractivity contribution < 1.29 is 9.53 Å². The summed E-state index contributed by atoms with van der Waals surface area (Å²) in [6.45, 7) is 2.30. The minimum absolute atomic E-state index is 0.0183. The Kier molecular flexibility index (Phi) is 4.44. The summed E-state index contributed by atoms with van der Waals surface area (Å²) in [6, 6.07) is 7.97. The largest absolute Gasteiger partial charge is 0.368 e. The molecule has 1 aromatic carbocycles. The van der Waals surface area contributed by atoms with Crippen LogP contribution in [0.1, 0.15) is 31.2 Å². The summed E-state index contributed by atoms with van der Waals surface area (Å²) in [7, 11) is 1.63. The summed E-state index contributed by atoms with van der Waals surface area (Å²) in [4.78, 5) is 12.6. The van der Waals surface area contributed by atoms with Crippen molar-refractivity contribution in [1.82, 2.24) is 10.6 Å². The highest BCUT2D eigenvalue weighted by Gasteiger charge is 2.46. The first-order valence-electron chi connectivity index (χ1n) is 7.91. The van der Waals surface area contributed by atoms with Crippen molar-refractivity contribution in [2.75, 3.05) is 26.7 Å². The third kappa shape index (κ3) is 3.00. The van der Waals surface area contributed by atoms with E-state index in [2.05, 4.69) is 16.7 Å². The zero-order valence-electron chi connectivity index (χ0n) is 13.0. The molecule has 1 amide bonds. The quantitative estimate of drug-likeness (QED) is 0.874. The molecule has 2 aliphatic rings. The van der Waals surface area contributed by atoms with Gasteiger partial charge < -0.3 is 15.4 Å². The van der Waals surface area contributed by atoms with Gasteiger partial charge in [-0.3, -0.25) is 4.79 Å². The van der Waals surface area contributed by atoms with Gasteiger partial charge in [-0.25, -0.2) is 0 Å². The molecule has 0 spiro atoms. The van der Waals surface area contributed by atoms with Gasteiger partial charge in [0.1, 0.15) is 5.60 Å². The van der Waals surface area contributed by atoms with E-state index in [-0.39, 0.29) is 11.3 Å². The van der Waals surface area contributed by atoms with E-state index in [1.165, 1.54) is 5.56 Å². The van der Waals surface area contributed by atoms with Crippen molar-refractivity contribution in [3.8, 4) is 0 Å². The molecular formula is C17H23ClN2O2. The summed E-state index contributed by atoms with van der Waals surface area (Å²) in [5, 5.41) is 7.15. The van der Waals surface area contributed by atoms with Crippen LogP contribution in [0, 0.1) is 0 Å². The van der Waals surface area contributed by atoms with Gasteiger partial charge >= 0.3 is 0 Å². The molecule has 0 atom stereocenters. The third-order valence-electron chi connectivity index (χ3n) is 5.09. The smallest absolute Gasteiger partial charge is 0.252 e. The van der Waals surface area contributed by atoms with E-state index >= 15 is 0 Å². The molecule has 1 aromatic rings. The van der Waals surface area contributed by atoms with E-state index in [0.29, 0.717) is 6.54 Å². The number of rotatable bonds is 5. The summed E-state index contributed by atoms with van der Waals surface area (Å²) in [5.41, 5.74) is 0.606. The number of halogens is 1. The monoisotopic (exact) mass is 322 g/mol.